The minimum Gasteiger partial charge on any atom is -0.482 e. The summed E-state index contributed by atoms with van der Waals surface area (Å²) in [7, 11) is 0. The molecule has 1 heterocycles. The van der Waals surface area contributed by atoms with Crippen molar-refractivity contribution < 1.29 is 9.53 Å². The molecule has 0 saturated carbocycles. The summed E-state index contributed by atoms with van der Waals surface area (Å²) in [6, 6.07) is 13.0. The van der Waals surface area contributed by atoms with E-state index < -0.39 is 0 Å². The summed E-state index contributed by atoms with van der Waals surface area (Å²) >= 11 is 12.0. The van der Waals surface area contributed by atoms with Crippen molar-refractivity contribution in [1.29, 1.82) is 0 Å². The minimum atomic E-state index is -0.0894. The fourth-order valence-electron chi connectivity index (χ4n) is 2.74. The molecule has 3 nitrogen and oxygen atoms in total. The van der Waals surface area contributed by atoms with Crippen molar-refractivity contribution in [3.8, 4) is 5.75 Å². The van der Waals surface area contributed by atoms with Crippen molar-refractivity contribution in [2.45, 2.75) is 19.4 Å². The van der Waals surface area contributed by atoms with E-state index in [1.54, 1.807) is 23.1 Å². The summed E-state index contributed by atoms with van der Waals surface area (Å²) in [5.74, 6) is 0.330. The molecule has 0 fully saturated rings. The van der Waals surface area contributed by atoms with Crippen LogP contribution in [0.25, 0.3) is 0 Å². The Labute approximate surface area is 139 Å². The van der Waals surface area contributed by atoms with Gasteiger partial charge in [0.1, 0.15) is 5.75 Å². The molecule has 2 aromatic rings. The maximum Gasteiger partial charge on any atom is 0.265 e. The Bertz CT molecular complexity index is 718. The molecule has 1 amide bonds. The van der Waals surface area contributed by atoms with E-state index >= 15 is 0 Å². The van der Waals surface area contributed by atoms with Crippen LogP contribution in [0.15, 0.2) is 42.5 Å². The first kappa shape index (κ1) is 15.2. The number of carbonyl (C=O) groups excluding carboxylic acids is 1. The van der Waals surface area contributed by atoms with E-state index in [1.807, 2.05) is 31.2 Å². The Hall–Kier alpha value is -1.71. The highest BCUT2D eigenvalue weighted by molar-refractivity contribution is 6.34. The maximum absolute atomic E-state index is 12.5. The fraction of sp³-hybridized carbons (Fsp3) is 0.235. The van der Waals surface area contributed by atoms with E-state index in [9.17, 15) is 4.79 Å². The summed E-state index contributed by atoms with van der Waals surface area (Å²) in [5.41, 5.74) is 2.14. The number of hydrogen-bond acceptors (Lipinski definition) is 2. The monoisotopic (exact) mass is 335 g/mol. The van der Waals surface area contributed by atoms with Crippen molar-refractivity contribution in [2.75, 3.05) is 11.5 Å². The number of nitrogens with zero attached hydrogens (tertiary/aromatic N) is 1. The number of benzene rings is 2. The van der Waals surface area contributed by atoms with Gasteiger partial charge < -0.3 is 9.64 Å². The molecule has 0 aliphatic carbocycles. The normalized spacial score (nSPS) is 16.5. The number of fused-ring (bicyclic) bond motifs is 1. The number of halogens is 2. The molecule has 3 rings (SSSR count). The van der Waals surface area contributed by atoms with Crippen LogP contribution in [0.1, 0.15) is 12.5 Å². The first-order valence-electron chi connectivity index (χ1n) is 7.04. The molecule has 0 unspecified atom stereocenters. The SMILES string of the molecule is C[C@@H]1Cc2ccccc2N1C(=O)COc1cc(Cl)ccc1Cl. The van der Waals surface area contributed by atoms with E-state index in [-0.39, 0.29) is 18.6 Å². The molecule has 0 spiro atoms. The zero-order valence-corrected chi connectivity index (χ0v) is 13.6. The third kappa shape index (κ3) is 2.92. The highest BCUT2D eigenvalue weighted by atomic mass is 35.5. The number of amides is 1. The largest absolute Gasteiger partial charge is 0.482 e. The third-order valence-corrected chi connectivity index (χ3v) is 4.27. The maximum atomic E-state index is 12.5. The molecule has 22 heavy (non-hydrogen) atoms. The van der Waals surface area contributed by atoms with E-state index in [0.29, 0.717) is 15.8 Å². The lowest BCUT2D eigenvalue weighted by Gasteiger charge is -2.22. The van der Waals surface area contributed by atoms with Crippen molar-refractivity contribution in [2.24, 2.45) is 0 Å². The second-order valence-electron chi connectivity index (χ2n) is 5.31. The molecule has 0 radical (unpaired) electrons. The molecule has 0 N–H and O–H groups in total. The van der Waals surface area contributed by atoms with Gasteiger partial charge in [-0.05, 0) is 37.1 Å². The molecule has 0 saturated heterocycles. The summed E-state index contributed by atoms with van der Waals surface area (Å²) in [6.07, 6.45) is 0.861. The second-order valence-corrected chi connectivity index (χ2v) is 6.15. The van der Waals surface area contributed by atoms with E-state index in [0.717, 1.165) is 12.1 Å². The number of para-hydroxylation sites is 1. The van der Waals surface area contributed by atoms with Crippen molar-refractivity contribution in [3.63, 3.8) is 0 Å². The summed E-state index contributed by atoms with van der Waals surface area (Å²) in [4.78, 5) is 14.3. The van der Waals surface area contributed by atoms with Gasteiger partial charge in [-0.1, -0.05) is 41.4 Å². The molecular formula is C17H15Cl2NO2. The first-order valence-corrected chi connectivity index (χ1v) is 7.79. The van der Waals surface area contributed by atoms with Crippen LogP contribution in [0.4, 0.5) is 5.69 Å². The molecule has 114 valence electrons. The van der Waals surface area contributed by atoms with Crippen LogP contribution in [0.3, 0.4) is 0 Å². The zero-order valence-electron chi connectivity index (χ0n) is 12.1. The van der Waals surface area contributed by atoms with Gasteiger partial charge in [0.15, 0.2) is 6.61 Å². The average Bonchev–Trinajstić information content (AvgIpc) is 2.83. The molecule has 1 aliphatic heterocycles. The summed E-state index contributed by atoms with van der Waals surface area (Å²) in [6.45, 7) is 1.96. The van der Waals surface area contributed by atoms with Crippen LogP contribution in [0.5, 0.6) is 5.75 Å². The number of rotatable bonds is 3. The minimum absolute atomic E-state index is 0.0707. The predicted octanol–water partition coefficient (Wildman–Crippen LogP) is 4.35. The van der Waals surface area contributed by atoms with Gasteiger partial charge in [-0.15, -0.1) is 0 Å². The van der Waals surface area contributed by atoms with Crippen LogP contribution in [-0.2, 0) is 11.2 Å². The van der Waals surface area contributed by atoms with Gasteiger partial charge in [0, 0.05) is 22.8 Å². The summed E-state index contributed by atoms with van der Waals surface area (Å²) < 4.78 is 5.55. The van der Waals surface area contributed by atoms with Crippen LogP contribution in [0, 0.1) is 0 Å². The Kier molecular flexibility index (Phi) is 4.27. The quantitative estimate of drug-likeness (QED) is 0.834. The van der Waals surface area contributed by atoms with E-state index in [2.05, 4.69) is 0 Å². The smallest absolute Gasteiger partial charge is 0.265 e. The number of carbonyl (C=O) groups is 1. The standard InChI is InChI=1S/C17H15Cl2NO2/c1-11-8-12-4-2-3-5-15(12)20(11)17(21)10-22-16-9-13(18)6-7-14(16)19/h2-7,9,11H,8,10H2,1H3/t11-/m1/s1. The number of ether oxygens (including phenoxy) is 1. The highest BCUT2D eigenvalue weighted by Gasteiger charge is 2.30. The zero-order chi connectivity index (χ0) is 15.7. The second kappa shape index (κ2) is 6.19. The lowest BCUT2D eigenvalue weighted by molar-refractivity contribution is -0.120. The average molecular weight is 336 g/mol. The Morgan fingerprint density at radius 3 is 2.86 bits per heavy atom. The van der Waals surface area contributed by atoms with Crippen molar-refractivity contribution in [1.82, 2.24) is 0 Å². The van der Waals surface area contributed by atoms with Gasteiger partial charge in [-0.3, -0.25) is 4.79 Å². The first-order chi connectivity index (χ1) is 10.6. The molecular weight excluding hydrogens is 321 g/mol. The van der Waals surface area contributed by atoms with Gasteiger partial charge in [0.05, 0.1) is 5.02 Å². The van der Waals surface area contributed by atoms with Crippen LogP contribution >= 0.6 is 23.2 Å². The number of hydrogen-bond donors (Lipinski definition) is 0. The van der Waals surface area contributed by atoms with Gasteiger partial charge in [-0.25, -0.2) is 0 Å². The molecule has 1 atom stereocenters. The topological polar surface area (TPSA) is 29.5 Å². The van der Waals surface area contributed by atoms with E-state index in [4.69, 9.17) is 27.9 Å². The molecule has 0 bridgehead atoms. The Balaban J connectivity index is 1.74. The third-order valence-electron chi connectivity index (χ3n) is 3.72. The van der Waals surface area contributed by atoms with Gasteiger partial charge in [0.2, 0.25) is 0 Å². The lowest BCUT2D eigenvalue weighted by atomic mass is 10.1. The van der Waals surface area contributed by atoms with Crippen molar-refractivity contribution >= 4 is 34.8 Å². The van der Waals surface area contributed by atoms with Gasteiger partial charge in [-0.2, -0.15) is 0 Å². The lowest BCUT2D eigenvalue weighted by Crippen LogP contribution is -2.39. The Morgan fingerprint density at radius 1 is 1.27 bits per heavy atom. The Morgan fingerprint density at radius 2 is 2.05 bits per heavy atom. The van der Waals surface area contributed by atoms with Crippen molar-refractivity contribution in [3.05, 3.63) is 58.1 Å². The van der Waals surface area contributed by atoms with Gasteiger partial charge >= 0.3 is 0 Å². The van der Waals surface area contributed by atoms with E-state index in [1.165, 1.54) is 5.56 Å². The molecule has 1 aliphatic rings. The molecule has 5 heteroatoms. The molecule has 2 aromatic carbocycles. The van der Waals surface area contributed by atoms with Crippen LogP contribution in [-0.4, -0.2) is 18.6 Å². The van der Waals surface area contributed by atoms with Gasteiger partial charge in [0.25, 0.3) is 5.91 Å². The summed E-state index contributed by atoms with van der Waals surface area (Å²) in [5, 5.41) is 0.957. The van der Waals surface area contributed by atoms with Crippen LogP contribution in [0.2, 0.25) is 10.0 Å². The number of anilines is 1. The highest BCUT2D eigenvalue weighted by Crippen LogP contribution is 2.32. The molecule has 0 aromatic heterocycles. The van der Waals surface area contributed by atoms with Crippen LogP contribution < -0.4 is 9.64 Å². The fourth-order valence-corrected chi connectivity index (χ4v) is 3.08. The predicted molar refractivity (Wildman–Crippen MR) is 89.1 cm³/mol.